The van der Waals surface area contributed by atoms with E-state index in [1.807, 2.05) is 6.07 Å². The number of aryl methyl sites for hydroxylation is 2. The quantitative estimate of drug-likeness (QED) is 0.534. The molecule has 2 aromatic carbocycles. The molecule has 0 unspecified atom stereocenters. The molecule has 0 N–H and O–H groups in total. The molecule has 5 rings (SSSR count). The normalized spacial score (nSPS) is 16.4. The average Bonchev–Trinajstić information content (AvgIpc) is 3.52. The molecule has 1 fully saturated rings. The van der Waals surface area contributed by atoms with Crippen molar-refractivity contribution in [1.29, 1.82) is 0 Å². The number of amides is 1. The Hall–Kier alpha value is -3.17. The number of piperazine rings is 1. The second kappa shape index (κ2) is 9.23. The van der Waals surface area contributed by atoms with E-state index in [9.17, 15) is 17.6 Å². The van der Waals surface area contributed by atoms with Crippen LogP contribution in [0.4, 0.5) is 4.39 Å². The zero-order chi connectivity index (χ0) is 23.7. The predicted octanol–water partition coefficient (Wildman–Crippen LogP) is 3.63. The number of rotatable bonds is 6. The van der Waals surface area contributed by atoms with Gasteiger partial charge in [0.15, 0.2) is 5.76 Å². The van der Waals surface area contributed by atoms with Crippen LogP contribution in [0.5, 0.6) is 5.75 Å². The Bertz CT molecular complexity index is 1300. The molecular formula is C25H25FN2O5S. The summed E-state index contributed by atoms with van der Waals surface area (Å²) in [6, 6.07) is 14.3. The van der Waals surface area contributed by atoms with Crippen LogP contribution < -0.4 is 4.74 Å². The van der Waals surface area contributed by atoms with Gasteiger partial charge in [0.1, 0.15) is 23.9 Å². The number of carbonyl (C=O) groups excluding carboxylic acids is 1. The third-order valence-corrected chi connectivity index (χ3v) is 8.20. The first-order valence-electron chi connectivity index (χ1n) is 11.3. The van der Waals surface area contributed by atoms with Gasteiger partial charge in [0.05, 0.1) is 4.90 Å². The van der Waals surface area contributed by atoms with Gasteiger partial charge in [-0.2, -0.15) is 4.31 Å². The molecule has 0 spiro atoms. The van der Waals surface area contributed by atoms with Crippen LogP contribution in [0.1, 0.15) is 33.9 Å². The Balaban J connectivity index is 1.18. The third kappa shape index (κ3) is 4.58. The Kier molecular flexibility index (Phi) is 6.14. The van der Waals surface area contributed by atoms with Crippen LogP contribution in [0.15, 0.2) is 63.9 Å². The summed E-state index contributed by atoms with van der Waals surface area (Å²) in [5.74, 6) is 0.491. The molecule has 178 valence electrons. The standard InChI is InChI=1S/C25H25FN2O5S/c26-20-5-7-21(8-6-20)32-17-22-9-11-24(33-22)25(29)27-12-14-28(15-13-27)34(30,31)23-10-4-18-2-1-3-19(18)16-23/h4-11,16H,1-3,12-15,17H2. The van der Waals surface area contributed by atoms with Gasteiger partial charge in [-0.1, -0.05) is 6.07 Å². The first-order valence-corrected chi connectivity index (χ1v) is 12.7. The number of hydrogen-bond donors (Lipinski definition) is 0. The van der Waals surface area contributed by atoms with Crippen molar-refractivity contribution in [2.24, 2.45) is 0 Å². The maximum absolute atomic E-state index is 13.1. The zero-order valence-corrected chi connectivity index (χ0v) is 19.4. The van der Waals surface area contributed by atoms with Gasteiger partial charge in [0.25, 0.3) is 5.91 Å². The number of benzene rings is 2. The Morgan fingerprint density at radius 2 is 1.68 bits per heavy atom. The van der Waals surface area contributed by atoms with Gasteiger partial charge in [0, 0.05) is 26.2 Å². The summed E-state index contributed by atoms with van der Waals surface area (Å²) in [7, 11) is -3.60. The van der Waals surface area contributed by atoms with Crippen molar-refractivity contribution in [3.05, 3.63) is 83.1 Å². The van der Waals surface area contributed by atoms with Crippen molar-refractivity contribution in [3.8, 4) is 5.75 Å². The molecule has 3 aromatic rings. The van der Waals surface area contributed by atoms with Crippen molar-refractivity contribution in [2.75, 3.05) is 26.2 Å². The molecule has 0 radical (unpaired) electrons. The summed E-state index contributed by atoms with van der Waals surface area (Å²) in [5.41, 5.74) is 2.35. The van der Waals surface area contributed by atoms with Crippen molar-refractivity contribution in [2.45, 2.75) is 30.8 Å². The van der Waals surface area contributed by atoms with E-state index in [0.29, 0.717) is 16.4 Å². The van der Waals surface area contributed by atoms with Crippen molar-refractivity contribution >= 4 is 15.9 Å². The molecule has 2 heterocycles. The maximum atomic E-state index is 13.1. The largest absolute Gasteiger partial charge is 0.486 e. The second-order valence-electron chi connectivity index (χ2n) is 8.49. The molecule has 7 nitrogen and oxygen atoms in total. The van der Waals surface area contributed by atoms with Crippen LogP contribution in [0, 0.1) is 5.82 Å². The summed E-state index contributed by atoms with van der Waals surface area (Å²) < 4.78 is 51.8. The molecule has 1 aromatic heterocycles. The smallest absolute Gasteiger partial charge is 0.289 e. The summed E-state index contributed by atoms with van der Waals surface area (Å²) in [5, 5.41) is 0. The molecule has 2 aliphatic rings. The van der Waals surface area contributed by atoms with Crippen LogP contribution >= 0.6 is 0 Å². The number of ether oxygens (including phenoxy) is 1. The molecule has 34 heavy (non-hydrogen) atoms. The number of halogens is 1. The summed E-state index contributed by atoms with van der Waals surface area (Å²) in [6.07, 6.45) is 2.98. The molecule has 1 aliphatic heterocycles. The zero-order valence-electron chi connectivity index (χ0n) is 18.6. The van der Waals surface area contributed by atoms with E-state index >= 15 is 0 Å². The molecule has 1 saturated heterocycles. The van der Waals surface area contributed by atoms with Crippen LogP contribution in [0.2, 0.25) is 0 Å². The van der Waals surface area contributed by atoms with Gasteiger partial charge < -0.3 is 14.1 Å². The number of fused-ring (bicyclic) bond motifs is 1. The average molecular weight is 485 g/mol. The minimum atomic E-state index is -3.60. The van der Waals surface area contributed by atoms with Crippen molar-refractivity contribution in [3.63, 3.8) is 0 Å². The van der Waals surface area contributed by atoms with Gasteiger partial charge in [-0.05, 0) is 78.9 Å². The van der Waals surface area contributed by atoms with Gasteiger partial charge in [0.2, 0.25) is 10.0 Å². The lowest BCUT2D eigenvalue weighted by atomic mass is 10.1. The minimum Gasteiger partial charge on any atom is -0.486 e. The number of hydrogen-bond acceptors (Lipinski definition) is 5. The van der Waals surface area contributed by atoms with Crippen LogP contribution in [0.25, 0.3) is 0 Å². The maximum Gasteiger partial charge on any atom is 0.289 e. The van der Waals surface area contributed by atoms with E-state index in [-0.39, 0.29) is 50.3 Å². The topological polar surface area (TPSA) is 80.1 Å². The minimum absolute atomic E-state index is 0.103. The van der Waals surface area contributed by atoms with Crippen molar-refractivity contribution < 1.29 is 26.8 Å². The molecule has 1 amide bonds. The monoisotopic (exact) mass is 484 g/mol. The predicted molar refractivity (Wildman–Crippen MR) is 123 cm³/mol. The fourth-order valence-electron chi connectivity index (χ4n) is 4.40. The van der Waals surface area contributed by atoms with Gasteiger partial charge in [-0.3, -0.25) is 4.79 Å². The number of furan rings is 1. The molecule has 0 atom stereocenters. The molecule has 0 saturated carbocycles. The Labute approximate surface area is 197 Å². The number of nitrogens with zero attached hydrogens (tertiary/aromatic N) is 2. The van der Waals surface area contributed by atoms with Crippen LogP contribution in [-0.2, 0) is 29.5 Å². The molecular weight excluding hydrogens is 459 g/mol. The highest BCUT2D eigenvalue weighted by molar-refractivity contribution is 7.89. The van der Waals surface area contributed by atoms with Crippen LogP contribution in [-0.4, -0.2) is 49.7 Å². The summed E-state index contributed by atoms with van der Waals surface area (Å²) in [6.45, 7) is 1.13. The second-order valence-corrected chi connectivity index (χ2v) is 10.4. The fourth-order valence-corrected chi connectivity index (χ4v) is 5.87. The number of carbonyl (C=O) groups is 1. The highest BCUT2D eigenvalue weighted by atomic mass is 32.2. The van der Waals surface area contributed by atoms with E-state index in [2.05, 4.69) is 0 Å². The lowest BCUT2D eigenvalue weighted by Crippen LogP contribution is -2.50. The SMILES string of the molecule is O=C(c1ccc(COc2ccc(F)cc2)o1)N1CCN(S(=O)(=O)c2ccc3c(c2)CCC3)CC1. The summed E-state index contributed by atoms with van der Waals surface area (Å²) in [4.78, 5) is 14.8. The third-order valence-electron chi connectivity index (χ3n) is 6.30. The van der Waals surface area contributed by atoms with E-state index in [1.165, 1.54) is 34.1 Å². The van der Waals surface area contributed by atoms with E-state index in [0.717, 1.165) is 24.8 Å². The first kappa shape index (κ1) is 22.6. The lowest BCUT2D eigenvalue weighted by molar-refractivity contribution is 0.0662. The first-order chi connectivity index (χ1) is 16.4. The Morgan fingerprint density at radius 3 is 2.44 bits per heavy atom. The highest BCUT2D eigenvalue weighted by Crippen LogP contribution is 2.27. The summed E-state index contributed by atoms with van der Waals surface area (Å²) >= 11 is 0. The van der Waals surface area contributed by atoms with Gasteiger partial charge >= 0.3 is 0 Å². The Morgan fingerprint density at radius 1 is 0.941 bits per heavy atom. The highest BCUT2D eigenvalue weighted by Gasteiger charge is 2.32. The molecule has 9 heteroatoms. The van der Waals surface area contributed by atoms with E-state index < -0.39 is 10.0 Å². The van der Waals surface area contributed by atoms with Crippen molar-refractivity contribution in [1.82, 2.24) is 9.21 Å². The van der Waals surface area contributed by atoms with E-state index in [4.69, 9.17) is 9.15 Å². The molecule has 1 aliphatic carbocycles. The van der Waals surface area contributed by atoms with Crippen LogP contribution in [0.3, 0.4) is 0 Å². The van der Waals surface area contributed by atoms with E-state index in [1.54, 1.807) is 29.2 Å². The van der Waals surface area contributed by atoms with Gasteiger partial charge in [-0.25, -0.2) is 12.8 Å². The molecule has 0 bridgehead atoms. The fraction of sp³-hybridized carbons (Fsp3) is 0.320. The van der Waals surface area contributed by atoms with Gasteiger partial charge in [-0.15, -0.1) is 0 Å². The lowest BCUT2D eigenvalue weighted by Gasteiger charge is -2.33. The number of sulfonamides is 1.